The Balaban J connectivity index is 1.50. The van der Waals surface area contributed by atoms with E-state index in [4.69, 9.17) is 5.73 Å². The molecule has 0 aliphatic heterocycles. The number of nitrogens with two attached hydrogens (primary N) is 1. The minimum Gasteiger partial charge on any atom is -0.432 e. The molecule has 2 heterocycles. The van der Waals surface area contributed by atoms with Crippen LogP contribution in [0.3, 0.4) is 0 Å². The number of nitrogen functional groups attached to an aromatic ring is 1. The zero-order chi connectivity index (χ0) is 26.5. The lowest BCUT2D eigenvalue weighted by Crippen LogP contribution is -2.44. The maximum Gasteiger partial charge on any atom is 0.262 e. The van der Waals surface area contributed by atoms with Crippen molar-refractivity contribution < 1.29 is 14.4 Å². The van der Waals surface area contributed by atoms with Crippen molar-refractivity contribution in [3.05, 3.63) is 57.5 Å². The van der Waals surface area contributed by atoms with E-state index in [1.807, 2.05) is 39.1 Å². The first-order valence-electron chi connectivity index (χ1n) is 12.1. The van der Waals surface area contributed by atoms with Crippen molar-refractivity contribution in [2.24, 2.45) is 0 Å². The Morgan fingerprint density at radius 2 is 1.86 bits per heavy atom. The standard InChI is InChI=1S/C25H36N6O4Si/c1-25(2,12-11-19(32)27-13-14-36(3,4)35)31-22(33)17-8-5-16(6-9-17)7-10-18-15-28-21-20(18)23(34)30-24(26)29-21/h5-6,8-9,15,35H,7,10-14H2,1-4H3,(H,27,32)(H,31,33)(H4,26,28,29,30,34). The third-order valence-electron chi connectivity index (χ3n) is 6.03. The van der Waals surface area contributed by atoms with Crippen LogP contribution < -0.4 is 21.9 Å². The lowest BCUT2D eigenvalue weighted by molar-refractivity contribution is -0.121. The number of benzene rings is 1. The van der Waals surface area contributed by atoms with Gasteiger partial charge in [-0.15, -0.1) is 0 Å². The van der Waals surface area contributed by atoms with Gasteiger partial charge in [-0.25, -0.2) is 0 Å². The van der Waals surface area contributed by atoms with Gasteiger partial charge >= 0.3 is 0 Å². The molecule has 11 heteroatoms. The summed E-state index contributed by atoms with van der Waals surface area (Å²) in [6.45, 7) is 7.93. The number of aromatic nitrogens is 3. The molecule has 7 N–H and O–H groups in total. The van der Waals surface area contributed by atoms with Gasteiger partial charge in [0.05, 0.1) is 5.39 Å². The molecule has 3 aromatic rings. The van der Waals surface area contributed by atoms with E-state index in [-0.39, 0.29) is 23.3 Å². The average Bonchev–Trinajstić information content (AvgIpc) is 3.18. The normalized spacial score (nSPS) is 12.0. The van der Waals surface area contributed by atoms with Crippen molar-refractivity contribution >= 4 is 37.1 Å². The van der Waals surface area contributed by atoms with Gasteiger partial charge in [-0.2, -0.15) is 4.98 Å². The van der Waals surface area contributed by atoms with Gasteiger partial charge in [0, 0.05) is 30.3 Å². The number of aryl methyl sites for hydroxylation is 2. The molecule has 10 nitrogen and oxygen atoms in total. The molecular weight excluding hydrogens is 476 g/mol. The highest BCUT2D eigenvalue weighted by molar-refractivity contribution is 6.69. The van der Waals surface area contributed by atoms with Crippen LogP contribution >= 0.6 is 0 Å². The molecular formula is C25H36N6O4Si. The van der Waals surface area contributed by atoms with E-state index in [1.54, 1.807) is 18.3 Å². The first kappa shape index (κ1) is 27.1. The van der Waals surface area contributed by atoms with E-state index >= 15 is 0 Å². The lowest BCUT2D eigenvalue weighted by Gasteiger charge is -2.26. The van der Waals surface area contributed by atoms with Crippen LogP contribution in [-0.2, 0) is 17.6 Å². The van der Waals surface area contributed by atoms with Crippen molar-refractivity contribution in [3.63, 3.8) is 0 Å². The summed E-state index contributed by atoms with van der Waals surface area (Å²) in [5.41, 5.74) is 7.66. The number of H-pyrrole nitrogens is 2. The number of hydrogen-bond acceptors (Lipinski definition) is 6. The lowest BCUT2D eigenvalue weighted by atomic mass is 9.97. The van der Waals surface area contributed by atoms with Gasteiger partial charge in [0.1, 0.15) is 5.65 Å². The van der Waals surface area contributed by atoms with Crippen LogP contribution in [0.25, 0.3) is 11.0 Å². The summed E-state index contributed by atoms with van der Waals surface area (Å²) in [5, 5.41) is 6.34. The Kier molecular flexibility index (Phi) is 8.36. The Bertz CT molecular complexity index is 1270. The van der Waals surface area contributed by atoms with Gasteiger partial charge in [0.2, 0.25) is 11.9 Å². The molecule has 2 amide bonds. The van der Waals surface area contributed by atoms with Crippen LogP contribution in [0.4, 0.5) is 5.95 Å². The van der Waals surface area contributed by atoms with Gasteiger partial charge in [0.15, 0.2) is 8.32 Å². The number of nitrogens with one attached hydrogen (secondary N) is 4. The van der Waals surface area contributed by atoms with Gasteiger partial charge in [-0.3, -0.25) is 19.4 Å². The van der Waals surface area contributed by atoms with E-state index in [0.717, 1.165) is 11.1 Å². The molecule has 0 unspecified atom stereocenters. The molecule has 1 aromatic carbocycles. The van der Waals surface area contributed by atoms with Crippen LogP contribution in [0, 0.1) is 0 Å². The average molecular weight is 513 g/mol. The Labute approximate surface area is 211 Å². The fraction of sp³-hybridized carbons (Fsp3) is 0.440. The van der Waals surface area contributed by atoms with Crippen LogP contribution in [0.1, 0.15) is 48.2 Å². The monoisotopic (exact) mass is 512 g/mol. The molecule has 0 saturated heterocycles. The summed E-state index contributed by atoms with van der Waals surface area (Å²) >= 11 is 0. The van der Waals surface area contributed by atoms with E-state index in [2.05, 4.69) is 25.6 Å². The number of carbonyl (C=O) groups excluding carboxylic acids is 2. The maximum absolute atomic E-state index is 12.8. The van der Waals surface area contributed by atoms with Crippen LogP contribution in [0.5, 0.6) is 0 Å². The second-order valence-corrected chi connectivity index (χ2v) is 14.6. The molecule has 0 atom stereocenters. The molecule has 0 bridgehead atoms. The van der Waals surface area contributed by atoms with Crippen LogP contribution in [0.2, 0.25) is 19.1 Å². The van der Waals surface area contributed by atoms with Crippen molar-refractivity contribution in [2.45, 2.75) is 64.2 Å². The van der Waals surface area contributed by atoms with E-state index in [1.165, 1.54) is 0 Å². The summed E-state index contributed by atoms with van der Waals surface area (Å²) in [7, 11) is -2.18. The number of rotatable bonds is 11. The predicted octanol–water partition coefficient (Wildman–Crippen LogP) is 2.22. The predicted molar refractivity (Wildman–Crippen MR) is 143 cm³/mol. The molecule has 0 spiro atoms. The van der Waals surface area contributed by atoms with Gasteiger partial charge in [0.25, 0.3) is 11.5 Å². The summed E-state index contributed by atoms with van der Waals surface area (Å²) in [6, 6.07) is 7.96. The topological polar surface area (TPSA) is 166 Å². The molecule has 0 fully saturated rings. The molecule has 36 heavy (non-hydrogen) atoms. The Hall–Kier alpha value is -3.44. The van der Waals surface area contributed by atoms with Crippen LogP contribution in [-0.4, -0.2) is 52.0 Å². The fourth-order valence-corrected chi connectivity index (χ4v) is 4.62. The highest BCUT2D eigenvalue weighted by atomic mass is 28.4. The summed E-state index contributed by atoms with van der Waals surface area (Å²) in [6.07, 6.45) is 3.87. The summed E-state index contributed by atoms with van der Waals surface area (Å²) in [5.74, 6) is -0.215. The molecule has 2 aromatic heterocycles. The van der Waals surface area contributed by atoms with E-state index < -0.39 is 13.9 Å². The number of aromatic amines is 2. The molecule has 0 saturated carbocycles. The molecule has 0 aliphatic carbocycles. The third-order valence-corrected chi connectivity index (χ3v) is 7.50. The zero-order valence-corrected chi connectivity index (χ0v) is 22.3. The van der Waals surface area contributed by atoms with Crippen molar-refractivity contribution in [1.29, 1.82) is 0 Å². The number of nitrogens with zero attached hydrogens (tertiary/aromatic N) is 1. The molecule has 0 aliphatic rings. The van der Waals surface area contributed by atoms with Gasteiger partial charge < -0.3 is 26.1 Å². The largest absolute Gasteiger partial charge is 0.432 e. The molecule has 3 rings (SSSR count). The van der Waals surface area contributed by atoms with Crippen molar-refractivity contribution in [3.8, 4) is 0 Å². The highest BCUT2D eigenvalue weighted by Gasteiger charge is 2.23. The SMILES string of the molecule is CC(C)(CCC(=O)NCC[Si](C)(C)O)NC(=O)c1ccc(CCc2c[nH]c3nc(N)[nH]c(=O)c23)cc1. The number of hydrogen-bond donors (Lipinski definition) is 6. The molecule has 194 valence electrons. The van der Waals surface area contributed by atoms with E-state index in [9.17, 15) is 19.2 Å². The number of carbonyl (C=O) groups is 2. The number of fused-ring (bicyclic) bond motifs is 1. The second kappa shape index (κ2) is 11.1. The molecule has 0 radical (unpaired) electrons. The first-order valence-corrected chi connectivity index (χ1v) is 15.2. The minimum absolute atomic E-state index is 0.0738. The van der Waals surface area contributed by atoms with Crippen LogP contribution in [0.15, 0.2) is 35.3 Å². The minimum atomic E-state index is -2.18. The van der Waals surface area contributed by atoms with Gasteiger partial charge in [-0.05, 0) is 75.5 Å². The maximum atomic E-state index is 12.8. The first-order chi connectivity index (χ1) is 16.8. The Morgan fingerprint density at radius 3 is 2.53 bits per heavy atom. The Morgan fingerprint density at radius 1 is 1.17 bits per heavy atom. The van der Waals surface area contributed by atoms with Gasteiger partial charge in [-0.1, -0.05) is 12.1 Å². The second-order valence-electron chi connectivity index (χ2n) is 10.4. The summed E-state index contributed by atoms with van der Waals surface area (Å²) in [4.78, 5) is 56.6. The fourth-order valence-electron chi connectivity index (χ4n) is 3.88. The van der Waals surface area contributed by atoms with Crippen molar-refractivity contribution in [1.82, 2.24) is 25.6 Å². The highest BCUT2D eigenvalue weighted by Crippen LogP contribution is 2.17. The summed E-state index contributed by atoms with van der Waals surface area (Å²) < 4.78 is 0. The smallest absolute Gasteiger partial charge is 0.262 e. The quantitative estimate of drug-likeness (QED) is 0.216. The zero-order valence-electron chi connectivity index (χ0n) is 21.3. The number of anilines is 1. The van der Waals surface area contributed by atoms with E-state index in [0.29, 0.717) is 54.9 Å². The number of amides is 2. The van der Waals surface area contributed by atoms with Crippen molar-refractivity contribution in [2.75, 3.05) is 12.3 Å². The third kappa shape index (κ3) is 7.79.